The number of hydrogen-bond donors (Lipinski definition) is 0. The highest BCUT2D eigenvalue weighted by Crippen LogP contribution is 2.31. The molecule has 0 aliphatic carbocycles. The second kappa shape index (κ2) is 4.97. The van der Waals surface area contributed by atoms with Gasteiger partial charge in [-0.3, -0.25) is 0 Å². The summed E-state index contributed by atoms with van der Waals surface area (Å²) in [5.41, 5.74) is 4.04. The predicted octanol–water partition coefficient (Wildman–Crippen LogP) is 4.59. The Hall–Kier alpha value is -2.21. The Morgan fingerprint density at radius 2 is 1.00 bits per heavy atom. The minimum absolute atomic E-state index is 0.336. The fourth-order valence-electron chi connectivity index (χ4n) is 2.45. The van der Waals surface area contributed by atoms with Crippen molar-refractivity contribution in [1.82, 2.24) is 0 Å². The fraction of sp³-hybridized carbons (Fsp3) is 0.0556. The van der Waals surface area contributed by atoms with E-state index in [1.165, 1.54) is 16.7 Å². The van der Waals surface area contributed by atoms with Crippen LogP contribution < -0.4 is 0 Å². The molecular formula is C18H15-. The van der Waals surface area contributed by atoms with Gasteiger partial charge >= 0.3 is 0 Å². The molecule has 0 atom stereocenters. The van der Waals surface area contributed by atoms with Gasteiger partial charge in [0.2, 0.25) is 0 Å². The molecule has 3 aromatic carbocycles. The van der Waals surface area contributed by atoms with Gasteiger partial charge in [-0.15, -0.1) is 5.56 Å². The molecule has 0 heteroatoms. The average molecular weight is 231 g/mol. The van der Waals surface area contributed by atoms with Crippen LogP contribution in [0.15, 0.2) is 84.9 Å². The van der Waals surface area contributed by atoms with Gasteiger partial charge in [0.1, 0.15) is 0 Å². The van der Waals surface area contributed by atoms with Crippen LogP contribution in [0, 0.1) is 0 Å². The largest absolute Gasteiger partial charge is 0.213 e. The second-order valence-corrected chi connectivity index (χ2v) is 4.47. The van der Waals surface area contributed by atoms with E-state index < -0.39 is 0 Å². The molecule has 0 radical (unpaired) electrons. The third-order valence-corrected chi connectivity index (χ3v) is 3.29. The zero-order valence-electron chi connectivity index (χ0n) is 10.2. The third-order valence-electron chi connectivity index (χ3n) is 3.29. The van der Waals surface area contributed by atoms with Gasteiger partial charge in [-0.25, -0.2) is 12.1 Å². The van der Waals surface area contributed by atoms with E-state index in [0.29, 0.717) is 5.92 Å². The molecule has 0 N–H and O–H groups in total. The van der Waals surface area contributed by atoms with Gasteiger partial charge < -0.3 is 0 Å². The molecule has 0 aromatic heterocycles. The summed E-state index contributed by atoms with van der Waals surface area (Å²) in [4.78, 5) is 0. The monoisotopic (exact) mass is 231 g/mol. The normalized spacial score (nSPS) is 10.7. The van der Waals surface area contributed by atoms with E-state index in [4.69, 9.17) is 0 Å². The lowest BCUT2D eigenvalue weighted by molar-refractivity contribution is 0.984. The fourth-order valence-corrected chi connectivity index (χ4v) is 2.45. The highest BCUT2D eigenvalue weighted by molar-refractivity contribution is 5.43. The Morgan fingerprint density at radius 3 is 1.44 bits per heavy atom. The molecule has 0 heterocycles. The van der Waals surface area contributed by atoms with Crippen molar-refractivity contribution in [1.29, 1.82) is 0 Å². The minimum Gasteiger partial charge on any atom is -0.213 e. The first-order valence-corrected chi connectivity index (χ1v) is 6.26. The molecule has 88 valence electrons. The van der Waals surface area contributed by atoms with Crippen molar-refractivity contribution in [3.8, 4) is 0 Å². The molecule has 0 saturated carbocycles. The summed E-state index contributed by atoms with van der Waals surface area (Å²) < 4.78 is 0. The first-order chi connectivity index (χ1) is 8.95. The molecule has 3 rings (SSSR count). The van der Waals surface area contributed by atoms with Crippen LogP contribution in [0.25, 0.3) is 0 Å². The highest BCUT2D eigenvalue weighted by atomic mass is 14.2. The lowest BCUT2D eigenvalue weighted by Gasteiger charge is -2.21. The number of hydrogen-bond acceptors (Lipinski definition) is 0. The Balaban J connectivity index is 2.11. The van der Waals surface area contributed by atoms with Crippen molar-refractivity contribution in [2.75, 3.05) is 0 Å². The summed E-state index contributed by atoms with van der Waals surface area (Å²) in [5.74, 6) is 0.336. The van der Waals surface area contributed by atoms with Crippen LogP contribution in [0.4, 0.5) is 0 Å². The molecule has 0 aliphatic rings. The third kappa shape index (κ3) is 2.10. The summed E-state index contributed by atoms with van der Waals surface area (Å²) in [6.45, 7) is 0. The molecule has 0 fully saturated rings. The minimum atomic E-state index is 0.336. The van der Waals surface area contributed by atoms with Crippen molar-refractivity contribution >= 4 is 0 Å². The molecule has 0 aliphatic heterocycles. The molecule has 0 bridgehead atoms. The molecule has 0 amide bonds. The maximum absolute atomic E-state index is 2.20. The van der Waals surface area contributed by atoms with Crippen LogP contribution in [0.2, 0.25) is 0 Å². The van der Waals surface area contributed by atoms with Crippen molar-refractivity contribution in [2.24, 2.45) is 0 Å². The van der Waals surface area contributed by atoms with Gasteiger partial charge in [0.05, 0.1) is 0 Å². The van der Waals surface area contributed by atoms with Gasteiger partial charge in [-0.05, 0) is 17.0 Å². The van der Waals surface area contributed by atoms with E-state index >= 15 is 0 Å². The average Bonchev–Trinajstić information content (AvgIpc) is 2.95. The van der Waals surface area contributed by atoms with Crippen molar-refractivity contribution in [2.45, 2.75) is 5.92 Å². The smallest absolute Gasteiger partial charge is 0.0111 e. The zero-order valence-corrected chi connectivity index (χ0v) is 10.2. The van der Waals surface area contributed by atoms with Crippen molar-refractivity contribution in [3.05, 3.63) is 102 Å². The first-order valence-electron chi connectivity index (χ1n) is 6.26. The van der Waals surface area contributed by atoms with Gasteiger partial charge in [-0.1, -0.05) is 60.7 Å². The molecule has 18 heavy (non-hydrogen) atoms. The van der Waals surface area contributed by atoms with Gasteiger partial charge in [-0.2, -0.15) is 12.1 Å². The summed E-state index contributed by atoms with van der Waals surface area (Å²) in [6, 6.07) is 30.0. The van der Waals surface area contributed by atoms with Crippen LogP contribution in [-0.2, 0) is 0 Å². The highest BCUT2D eigenvalue weighted by Gasteiger charge is 2.11. The predicted molar refractivity (Wildman–Crippen MR) is 75.9 cm³/mol. The topological polar surface area (TPSA) is 0 Å². The van der Waals surface area contributed by atoms with E-state index in [9.17, 15) is 0 Å². The first kappa shape index (κ1) is 10.9. The lowest BCUT2D eigenvalue weighted by atomic mass is 9.86. The number of benzene rings is 2. The molecular weight excluding hydrogens is 216 g/mol. The number of rotatable bonds is 3. The van der Waals surface area contributed by atoms with Crippen molar-refractivity contribution < 1.29 is 0 Å². The maximum atomic E-state index is 2.20. The van der Waals surface area contributed by atoms with E-state index in [1.807, 2.05) is 0 Å². The maximum Gasteiger partial charge on any atom is -0.0111 e. The SMILES string of the molecule is c1ccc(C(c2ccccc2)[c-]2cccc2)cc1. The van der Waals surface area contributed by atoms with Crippen LogP contribution in [0.5, 0.6) is 0 Å². The quantitative estimate of drug-likeness (QED) is 0.578. The van der Waals surface area contributed by atoms with Gasteiger partial charge in [0, 0.05) is 0 Å². The van der Waals surface area contributed by atoms with E-state index in [2.05, 4.69) is 84.9 Å². The molecule has 3 aromatic rings. The van der Waals surface area contributed by atoms with Crippen LogP contribution >= 0.6 is 0 Å². The molecule has 0 saturated heterocycles. The Morgan fingerprint density at radius 1 is 0.556 bits per heavy atom. The molecule has 0 nitrogen and oxygen atoms in total. The van der Waals surface area contributed by atoms with Crippen LogP contribution in [0.1, 0.15) is 22.6 Å². The Labute approximate surface area is 108 Å². The standard InChI is InChI=1S/C18H15/c1-3-9-15(10-4-1)18(17-13-7-8-14-17)16-11-5-2-6-12-16/h1-14,18H/q-1. The summed E-state index contributed by atoms with van der Waals surface area (Å²) >= 11 is 0. The van der Waals surface area contributed by atoms with Crippen LogP contribution in [0.3, 0.4) is 0 Å². The second-order valence-electron chi connectivity index (χ2n) is 4.47. The van der Waals surface area contributed by atoms with Crippen molar-refractivity contribution in [3.63, 3.8) is 0 Å². The lowest BCUT2D eigenvalue weighted by Crippen LogP contribution is -2.01. The Bertz CT molecular complexity index is 537. The van der Waals surface area contributed by atoms with E-state index in [1.54, 1.807) is 0 Å². The molecule has 0 unspecified atom stereocenters. The van der Waals surface area contributed by atoms with Gasteiger partial charge in [0.25, 0.3) is 0 Å². The zero-order chi connectivity index (χ0) is 12.2. The summed E-state index contributed by atoms with van der Waals surface area (Å²) in [5, 5.41) is 0. The van der Waals surface area contributed by atoms with E-state index in [0.717, 1.165) is 0 Å². The van der Waals surface area contributed by atoms with Gasteiger partial charge in [0.15, 0.2) is 0 Å². The summed E-state index contributed by atoms with van der Waals surface area (Å²) in [6.07, 6.45) is 0. The van der Waals surface area contributed by atoms with E-state index in [-0.39, 0.29) is 0 Å². The summed E-state index contributed by atoms with van der Waals surface area (Å²) in [7, 11) is 0. The van der Waals surface area contributed by atoms with Crippen LogP contribution in [-0.4, -0.2) is 0 Å². The molecule has 0 spiro atoms. The Kier molecular flexibility index (Phi) is 3.01.